The van der Waals surface area contributed by atoms with Gasteiger partial charge in [0.2, 0.25) is 0 Å². The zero-order chi connectivity index (χ0) is 15.4. The highest BCUT2D eigenvalue weighted by Crippen LogP contribution is 2.32. The third-order valence-electron chi connectivity index (χ3n) is 4.55. The number of para-hydroxylation sites is 2. The van der Waals surface area contributed by atoms with Crippen molar-refractivity contribution in [1.82, 2.24) is 5.32 Å². The topological polar surface area (TPSA) is 70.6 Å². The van der Waals surface area contributed by atoms with Gasteiger partial charge in [0, 0.05) is 0 Å². The number of carbonyl (C=O) groups excluding carboxylic acids is 1. The summed E-state index contributed by atoms with van der Waals surface area (Å²) in [6.45, 7) is 0.696. The van der Waals surface area contributed by atoms with Crippen molar-refractivity contribution < 1.29 is 14.6 Å². The van der Waals surface area contributed by atoms with Crippen LogP contribution in [0.15, 0.2) is 24.3 Å². The van der Waals surface area contributed by atoms with E-state index < -0.39 is 5.54 Å². The lowest BCUT2D eigenvalue weighted by Gasteiger charge is -2.28. The molecule has 5 nitrogen and oxygen atoms in total. The Hall–Kier alpha value is -1.75. The zero-order valence-electron chi connectivity index (χ0n) is 12.8. The third kappa shape index (κ3) is 3.71. The summed E-state index contributed by atoms with van der Waals surface area (Å²) in [4.78, 5) is 12.2. The Morgan fingerprint density at radius 1 is 1.27 bits per heavy atom. The number of carbonyl (C=O) groups is 1. The van der Waals surface area contributed by atoms with Crippen LogP contribution in [0.25, 0.3) is 0 Å². The van der Waals surface area contributed by atoms with Crippen molar-refractivity contribution in [3.8, 4) is 5.75 Å². The minimum absolute atomic E-state index is 0.0136. The van der Waals surface area contributed by atoms with Gasteiger partial charge in [-0.15, -0.1) is 0 Å². The van der Waals surface area contributed by atoms with Gasteiger partial charge in [-0.3, -0.25) is 0 Å². The Kier molecular flexibility index (Phi) is 4.52. The second-order valence-corrected chi connectivity index (χ2v) is 6.48. The molecule has 0 bridgehead atoms. The normalized spacial score (nSPS) is 19.7. The highest BCUT2D eigenvalue weighted by molar-refractivity contribution is 5.91. The molecule has 3 N–H and O–H groups in total. The van der Waals surface area contributed by atoms with Crippen molar-refractivity contribution in [3.63, 3.8) is 0 Å². The summed E-state index contributed by atoms with van der Waals surface area (Å²) in [6.07, 6.45) is 6.21. The summed E-state index contributed by atoms with van der Waals surface area (Å²) in [7, 11) is 0. The number of urea groups is 1. The summed E-state index contributed by atoms with van der Waals surface area (Å²) in [6, 6.07) is 7.20. The van der Waals surface area contributed by atoms with E-state index in [1.807, 2.05) is 24.3 Å². The standard InChI is InChI=1S/C17H24N2O3/c20-12-17(9-3-4-10-17)19-16(21)18-14-5-1-2-6-15(14)22-11-13-7-8-13/h1-2,5-6,13,20H,3-4,7-12H2,(H2,18,19,21). The molecule has 0 heterocycles. The number of nitrogens with one attached hydrogen (secondary N) is 2. The smallest absolute Gasteiger partial charge is 0.319 e. The van der Waals surface area contributed by atoms with Crippen LogP contribution in [0.4, 0.5) is 10.5 Å². The average molecular weight is 304 g/mol. The minimum atomic E-state index is -0.464. The average Bonchev–Trinajstić information content (AvgIpc) is 3.24. The molecule has 5 heteroatoms. The van der Waals surface area contributed by atoms with E-state index in [-0.39, 0.29) is 12.6 Å². The predicted molar refractivity (Wildman–Crippen MR) is 85.1 cm³/mol. The van der Waals surface area contributed by atoms with E-state index in [4.69, 9.17) is 4.74 Å². The maximum atomic E-state index is 12.2. The molecule has 0 saturated heterocycles. The molecular weight excluding hydrogens is 280 g/mol. The van der Waals surface area contributed by atoms with E-state index in [9.17, 15) is 9.90 Å². The number of hydrogen-bond acceptors (Lipinski definition) is 3. The van der Waals surface area contributed by atoms with Gasteiger partial charge in [0.1, 0.15) is 5.75 Å². The first-order valence-corrected chi connectivity index (χ1v) is 8.13. The van der Waals surface area contributed by atoms with Crippen molar-refractivity contribution in [2.24, 2.45) is 5.92 Å². The molecule has 0 radical (unpaired) electrons. The van der Waals surface area contributed by atoms with Crippen LogP contribution in [0.3, 0.4) is 0 Å². The Bertz CT molecular complexity index is 522. The fourth-order valence-electron chi connectivity index (χ4n) is 2.96. The van der Waals surface area contributed by atoms with Crippen LogP contribution in [0, 0.1) is 5.92 Å². The Morgan fingerprint density at radius 3 is 2.68 bits per heavy atom. The molecule has 0 unspecified atom stereocenters. The van der Waals surface area contributed by atoms with Gasteiger partial charge in [0.05, 0.1) is 24.4 Å². The molecule has 2 saturated carbocycles. The molecule has 0 aromatic heterocycles. The largest absolute Gasteiger partial charge is 0.491 e. The van der Waals surface area contributed by atoms with Gasteiger partial charge in [0.15, 0.2) is 0 Å². The molecule has 1 aromatic rings. The van der Waals surface area contributed by atoms with Crippen LogP contribution >= 0.6 is 0 Å². The minimum Gasteiger partial charge on any atom is -0.491 e. The van der Waals surface area contributed by atoms with E-state index in [0.717, 1.165) is 25.7 Å². The Morgan fingerprint density at radius 2 is 2.00 bits per heavy atom. The second kappa shape index (κ2) is 6.57. The molecule has 1 aromatic carbocycles. The summed E-state index contributed by atoms with van der Waals surface area (Å²) in [5.41, 5.74) is 0.209. The van der Waals surface area contributed by atoms with Crippen molar-refractivity contribution in [3.05, 3.63) is 24.3 Å². The molecule has 2 amide bonds. The van der Waals surface area contributed by atoms with Crippen LogP contribution in [0.1, 0.15) is 38.5 Å². The van der Waals surface area contributed by atoms with Crippen molar-refractivity contribution in [2.75, 3.05) is 18.5 Å². The van der Waals surface area contributed by atoms with Crippen LogP contribution < -0.4 is 15.4 Å². The van der Waals surface area contributed by atoms with Gasteiger partial charge in [-0.1, -0.05) is 25.0 Å². The highest BCUT2D eigenvalue weighted by atomic mass is 16.5. The summed E-state index contributed by atoms with van der Waals surface area (Å²) in [5.74, 6) is 1.37. The number of ether oxygens (including phenoxy) is 1. The third-order valence-corrected chi connectivity index (χ3v) is 4.55. The monoisotopic (exact) mass is 304 g/mol. The fourth-order valence-corrected chi connectivity index (χ4v) is 2.96. The number of aliphatic hydroxyl groups is 1. The second-order valence-electron chi connectivity index (χ2n) is 6.48. The van der Waals surface area contributed by atoms with Gasteiger partial charge >= 0.3 is 6.03 Å². The first kappa shape index (κ1) is 15.2. The fraction of sp³-hybridized carbons (Fsp3) is 0.588. The van der Waals surface area contributed by atoms with E-state index in [1.165, 1.54) is 12.8 Å². The number of benzene rings is 1. The maximum Gasteiger partial charge on any atom is 0.319 e. The van der Waals surface area contributed by atoms with E-state index >= 15 is 0 Å². The number of hydrogen-bond donors (Lipinski definition) is 3. The van der Waals surface area contributed by atoms with Crippen molar-refractivity contribution >= 4 is 11.7 Å². The van der Waals surface area contributed by atoms with E-state index in [0.29, 0.717) is 24.0 Å². The quantitative estimate of drug-likeness (QED) is 0.757. The molecule has 0 aliphatic heterocycles. The molecule has 2 aliphatic rings. The predicted octanol–water partition coefficient (Wildman–Crippen LogP) is 2.90. The van der Waals surface area contributed by atoms with E-state index in [1.54, 1.807) is 0 Å². The van der Waals surface area contributed by atoms with Crippen molar-refractivity contribution in [1.29, 1.82) is 0 Å². The lowest BCUT2D eigenvalue weighted by Crippen LogP contribution is -2.50. The molecule has 120 valence electrons. The maximum absolute atomic E-state index is 12.2. The molecule has 3 rings (SSSR count). The van der Waals surface area contributed by atoms with Crippen LogP contribution in [-0.4, -0.2) is 29.9 Å². The van der Waals surface area contributed by atoms with Gasteiger partial charge in [0.25, 0.3) is 0 Å². The van der Waals surface area contributed by atoms with E-state index in [2.05, 4.69) is 10.6 Å². The molecule has 2 fully saturated rings. The lowest BCUT2D eigenvalue weighted by atomic mass is 9.99. The zero-order valence-corrected chi connectivity index (χ0v) is 12.8. The van der Waals surface area contributed by atoms with Gasteiger partial charge < -0.3 is 20.5 Å². The Labute approximate surface area is 131 Å². The number of aliphatic hydroxyl groups excluding tert-OH is 1. The molecule has 0 atom stereocenters. The van der Waals surface area contributed by atoms with Gasteiger partial charge in [-0.25, -0.2) is 4.79 Å². The van der Waals surface area contributed by atoms with Crippen LogP contribution in [-0.2, 0) is 0 Å². The van der Waals surface area contributed by atoms with Crippen molar-refractivity contribution in [2.45, 2.75) is 44.1 Å². The highest BCUT2D eigenvalue weighted by Gasteiger charge is 2.34. The SMILES string of the molecule is O=C(Nc1ccccc1OCC1CC1)NC1(CO)CCCC1. The van der Waals surface area contributed by atoms with Crippen LogP contribution in [0.5, 0.6) is 5.75 Å². The number of rotatable bonds is 6. The molecule has 0 spiro atoms. The first-order chi connectivity index (χ1) is 10.7. The number of amides is 2. The summed E-state index contributed by atoms with van der Waals surface area (Å²) < 4.78 is 5.79. The lowest BCUT2D eigenvalue weighted by molar-refractivity contribution is 0.167. The number of anilines is 1. The first-order valence-electron chi connectivity index (χ1n) is 8.13. The molecule has 2 aliphatic carbocycles. The Balaban J connectivity index is 1.60. The van der Waals surface area contributed by atoms with Crippen LogP contribution in [0.2, 0.25) is 0 Å². The van der Waals surface area contributed by atoms with Gasteiger partial charge in [-0.2, -0.15) is 0 Å². The summed E-state index contributed by atoms with van der Waals surface area (Å²) in [5, 5.41) is 15.4. The van der Waals surface area contributed by atoms with Gasteiger partial charge in [-0.05, 0) is 43.7 Å². The summed E-state index contributed by atoms with van der Waals surface area (Å²) >= 11 is 0. The molecule has 22 heavy (non-hydrogen) atoms. The molecular formula is C17H24N2O3.